The van der Waals surface area contributed by atoms with Gasteiger partial charge in [0.1, 0.15) is 6.61 Å². The summed E-state index contributed by atoms with van der Waals surface area (Å²) in [5, 5.41) is 0. The Hall–Kier alpha value is -2.90. The number of cyclic esters (lactones) is 1. The van der Waals surface area contributed by atoms with Crippen LogP contribution in [0.25, 0.3) is 6.08 Å². The van der Waals surface area contributed by atoms with Crippen LogP contribution in [0.4, 0.5) is 0 Å². The Morgan fingerprint density at radius 2 is 1.74 bits per heavy atom. The van der Waals surface area contributed by atoms with E-state index in [1.165, 1.54) is 5.56 Å². The molecule has 0 fully saturated rings. The summed E-state index contributed by atoms with van der Waals surface area (Å²) in [6, 6.07) is 19.4. The molecule has 5 nitrogen and oxygen atoms in total. The highest BCUT2D eigenvalue weighted by molar-refractivity contribution is 9.10. The molecule has 7 heteroatoms. The number of halogens is 2. The SMILES string of the molecule is COc1cc(/C=C2\N=C(c3ccc(C(C)C)cc3)OC2=O)cc(Br)c1OCc1ccc(Br)cc1. The first-order valence-electron chi connectivity index (χ1n) is 10.7. The van der Waals surface area contributed by atoms with E-state index in [9.17, 15) is 4.79 Å². The zero-order valence-electron chi connectivity index (χ0n) is 19.0. The van der Waals surface area contributed by atoms with E-state index in [4.69, 9.17) is 14.2 Å². The molecule has 0 aromatic heterocycles. The van der Waals surface area contributed by atoms with Crippen molar-refractivity contribution in [3.63, 3.8) is 0 Å². The van der Waals surface area contributed by atoms with Gasteiger partial charge < -0.3 is 14.2 Å². The molecule has 0 saturated carbocycles. The molecule has 3 aromatic rings. The third-order valence-electron chi connectivity index (χ3n) is 5.30. The summed E-state index contributed by atoms with van der Waals surface area (Å²) in [6.07, 6.45) is 1.67. The standard InChI is InChI=1S/C27H23Br2NO4/c1-16(2)19-6-8-20(9-7-19)26-30-23(27(31)34-26)13-18-12-22(29)25(24(14-18)32-3)33-15-17-4-10-21(28)11-5-17/h4-14,16H,15H2,1-3H3/b23-13-. The van der Waals surface area contributed by atoms with Gasteiger partial charge in [0.25, 0.3) is 0 Å². The summed E-state index contributed by atoms with van der Waals surface area (Å²) in [6.45, 7) is 4.65. The van der Waals surface area contributed by atoms with Crippen LogP contribution < -0.4 is 9.47 Å². The van der Waals surface area contributed by atoms with Crippen LogP contribution in [0.15, 0.2) is 80.3 Å². The summed E-state index contributed by atoms with van der Waals surface area (Å²) in [5.74, 6) is 1.35. The van der Waals surface area contributed by atoms with Crippen LogP contribution in [-0.4, -0.2) is 19.0 Å². The number of rotatable bonds is 7. The van der Waals surface area contributed by atoms with Gasteiger partial charge in [-0.1, -0.05) is 54.0 Å². The number of benzene rings is 3. The van der Waals surface area contributed by atoms with Gasteiger partial charge in [0.2, 0.25) is 5.90 Å². The quantitative estimate of drug-likeness (QED) is 0.216. The monoisotopic (exact) mass is 583 g/mol. The molecule has 34 heavy (non-hydrogen) atoms. The lowest BCUT2D eigenvalue weighted by Crippen LogP contribution is -2.05. The van der Waals surface area contributed by atoms with Crippen LogP contribution in [0.5, 0.6) is 11.5 Å². The minimum absolute atomic E-state index is 0.223. The zero-order chi connectivity index (χ0) is 24.2. The summed E-state index contributed by atoms with van der Waals surface area (Å²) in [4.78, 5) is 16.9. The maximum absolute atomic E-state index is 12.5. The maximum Gasteiger partial charge on any atom is 0.363 e. The van der Waals surface area contributed by atoms with Gasteiger partial charge in [-0.2, -0.15) is 0 Å². The maximum atomic E-state index is 12.5. The lowest BCUT2D eigenvalue weighted by molar-refractivity contribution is -0.129. The molecule has 0 unspecified atom stereocenters. The van der Waals surface area contributed by atoms with Gasteiger partial charge in [0, 0.05) is 10.0 Å². The molecule has 4 rings (SSSR count). The lowest BCUT2D eigenvalue weighted by atomic mass is 10.0. The molecule has 1 aliphatic heterocycles. The molecular weight excluding hydrogens is 562 g/mol. The number of aliphatic imine (C=N–C) groups is 1. The van der Waals surface area contributed by atoms with E-state index in [1.807, 2.05) is 54.6 Å². The number of esters is 1. The van der Waals surface area contributed by atoms with Crippen molar-refractivity contribution in [2.24, 2.45) is 4.99 Å². The highest BCUT2D eigenvalue weighted by Gasteiger charge is 2.24. The fourth-order valence-corrected chi connectivity index (χ4v) is 4.24. The Labute approximate surface area is 215 Å². The highest BCUT2D eigenvalue weighted by Crippen LogP contribution is 2.38. The van der Waals surface area contributed by atoms with Crippen molar-refractivity contribution in [3.8, 4) is 11.5 Å². The summed E-state index contributed by atoms with van der Waals surface area (Å²) in [7, 11) is 1.58. The van der Waals surface area contributed by atoms with E-state index >= 15 is 0 Å². The molecule has 0 atom stereocenters. The molecular formula is C27H23Br2NO4. The number of carbonyl (C=O) groups is 1. The Morgan fingerprint density at radius 1 is 1.03 bits per heavy atom. The van der Waals surface area contributed by atoms with E-state index in [-0.39, 0.29) is 5.70 Å². The zero-order valence-corrected chi connectivity index (χ0v) is 22.1. The molecule has 0 radical (unpaired) electrons. The van der Waals surface area contributed by atoms with Crippen molar-refractivity contribution < 1.29 is 19.0 Å². The molecule has 0 N–H and O–H groups in total. The average molecular weight is 585 g/mol. The number of hydrogen-bond donors (Lipinski definition) is 0. The molecule has 0 saturated heterocycles. The summed E-state index contributed by atoms with van der Waals surface area (Å²) < 4.78 is 18.7. The molecule has 0 bridgehead atoms. The third kappa shape index (κ3) is 5.59. The highest BCUT2D eigenvalue weighted by atomic mass is 79.9. The van der Waals surface area contributed by atoms with E-state index in [1.54, 1.807) is 19.3 Å². The summed E-state index contributed by atoms with van der Waals surface area (Å²) in [5.41, 5.74) is 3.95. The molecule has 3 aromatic carbocycles. The van der Waals surface area contributed by atoms with Crippen molar-refractivity contribution in [2.45, 2.75) is 26.4 Å². The van der Waals surface area contributed by atoms with E-state index in [0.717, 1.165) is 21.2 Å². The van der Waals surface area contributed by atoms with E-state index in [0.29, 0.717) is 34.4 Å². The second-order valence-electron chi connectivity index (χ2n) is 8.06. The second-order valence-corrected chi connectivity index (χ2v) is 9.83. The van der Waals surface area contributed by atoms with Gasteiger partial charge in [-0.25, -0.2) is 9.79 Å². The first-order chi connectivity index (χ1) is 16.3. The van der Waals surface area contributed by atoms with Crippen LogP contribution in [-0.2, 0) is 16.1 Å². The van der Waals surface area contributed by atoms with Crippen LogP contribution in [0, 0.1) is 0 Å². The van der Waals surface area contributed by atoms with Crippen LogP contribution in [0.1, 0.15) is 42.0 Å². The molecule has 1 aliphatic rings. The first-order valence-corrected chi connectivity index (χ1v) is 12.3. The predicted molar refractivity (Wildman–Crippen MR) is 140 cm³/mol. The Balaban J connectivity index is 1.56. The van der Waals surface area contributed by atoms with Gasteiger partial charge in [0.15, 0.2) is 17.2 Å². The predicted octanol–water partition coefficient (Wildman–Crippen LogP) is 7.27. The topological polar surface area (TPSA) is 57.1 Å². The minimum atomic E-state index is -0.492. The van der Waals surface area contributed by atoms with E-state index < -0.39 is 5.97 Å². The van der Waals surface area contributed by atoms with Crippen molar-refractivity contribution in [1.29, 1.82) is 0 Å². The second kappa shape index (κ2) is 10.6. The third-order valence-corrected chi connectivity index (χ3v) is 6.41. The number of methoxy groups -OCH3 is 1. The summed E-state index contributed by atoms with van der Waals surface area (Å²) >= 11 is 6.99. The number of carbonyl (C=O) groups excluding carboxylic acids is 1. The number of ether oxygens (including phenoxy) is 3. The minimum Gasteiger partial charge on any atom is -0.493 e. The Kier molecular flexibility index (Phi) is 7.54. The molecule has 0 spiro atoms. The van der Waals surface area contributed by atoms with Crippen molar-refractivity contribution in [1.82, 2.24) is 0 Å². The van der Waals surface area contributed by atoms with Gasteiger partial charge >= 0.3 is 5.97 Å². The average Bonchev–Trinajstić information content (AvgIpc) is 3.19. The molecule has 0 amide bonds. The molecule has 1 heterocycles. The van der Waals surface area contributed by atoms with Crippen LogP contribution in [0.3, 0.4) is 0 Å². The fraction of sp³-hybridized carbons (Fsp3) is 0.185. The lowest BCUT2D eigenvalue weighted by Gasteiger charge is -2.14. The van der Waals surface area contributed by atoms with Crippen molar-refractivity contribution >= 4 is 49.8 Å². The number of hydrogen-bond acceptors (Lipinski definition) is 5. The van der Waals surface area contributed by atoms with Crippen LogP contribution >= 0.6 is 31.9 Å². The Morgan fingerprint density at radius 3 is 2.38 bits per heavy atom. The van der Waals surface area contributed by atoms with Crippen molar-refractivity contribution in [3.05, 3.63) is 97.6 Å². The van der Waals surface area contributed by atoms with Gasteiger partial charge in [-0.05, 0) is 81.0 Å². The van der Waals surface area contributed by atoms with Gasteiger partial charge in [0.05, 0.1) is 11.6 Å². The van der Waals surface area contributed by atoms with Gasteiger partial charge in [-0.3, -0.25) is 0 Å². The fourth-order valence-electron chi connectivity index (χ4n) is 3.40. The van der Waals surface area contributed by atoms with Crippen LogP contribution in [0.2, 0.25) is 0 Å². The Bertz CT molecular complexity index is 1260. The van der Waals surface area contributed by atoms with E-state index in [2.05, 4.69) is 50.7 Å². The largest absolute Gasteiger partial charge is 0.493 e. The normalized spacial score (nSPS) is 14.4. The number of nitrogens with zero attached hydrogens (tertiary/aromatic N) is 1. The van der Waals surface area contributed by atoms with Crippen molar-refractivity contribution in [2.75, 3.05) is 7.11 Å². The first kappa shape index (κ1) is 24.2. The molecule has 0 aliphatic carbocycles. The van der Waals surface area contributed by atoms with Gasteiger partial charge in [-0.15, -0.1) is 0 Å². The smallest absolute Gasteiger partial charge is 0.363 e. The molecule has 174 valence electrons.